The maximum absolute atomic E-state index is 13.9. The highest BCUT2D eigenvalue weighted by Crippen LogP contribution is 2.20. The van der Waals surface area contributed by atoms with Crippen molar-refractivity contribution < 1.29 is 22.8 Å². The van der Waals surface area contributed by atoms with Gasteiger partial charge in [0.25, 0.3) is 11.8 Å². The minimum absolute atomic E-state index is 0.164. The van der Waals surface area contributed by atoms with Crippen molar-refractivity contribution in [1.29, 1.82) is 0 Å². The van der Waals surface area contributed by atoms with Gasteiger partial charge in [0.15, 0.2) is 17.5 Å². The molecule has 0 spiro atoms. The quantitative estimate of drug-likeness (QED) is 0.627. The standard InChI is InChI=1S/C19H17F3N2O2S/c20-14-7-6-13(16(21)17(14)22)19(26)24-9-3-8-23(10-11-24)18(25)12-4-1-2-5-15(12)27/h1-2,4-7,27H,3,8-11H2. The van der Waals surface area contributed by atoms with E-state index < -0.39 is 28.9 Å². The molecule has 0 N–H and O–H groups in total. The highest BCUT2D eigenvalue weighted by atomic mass is 32.1. The number of carbonyl (C=O) groups excluding carboxylic acids is 2. The van der Waals surface area contributed by atoms with Crippen molar-refractivity contribution >= 4 is 24.4 Å². The van der Waals surface area contributed by atoms with E-state index in [9.17, 15) is 22.8 Å². The van der Waals surface area contributed by atoms with Crippen LogP contribution < -0.4 is 0 Å². The number of hydrogen-bond acceptors (Lipinski definition) is 3. The molecule has 1 heterocycles. The predicted molar refractivity (Wildman–Crippen MR) is 96.4 cm³/mol. The van der Waals surface area contributed by atoms with E-state index in [0.717, 1.165) is 12.1 Å². The van der Waals surface area contributed by atoms with Crippen LogP contribution in [0.25, 0.3) is 0 Å². The summed E-state index contributed by atoms with van der Waals surface area (Å²) in [5, 5.41) is 0. The number of halogens is 3. The molecule has 0 saturated carbocycles. The van der Waals surface area contributed by atoms with Gasteiger partial charge in [-0.1, -0.05) is 12.1 Å². The van der Waals surface area contributed by atoms with Crippen molar-refractivity contribution in [3.63, 3.8) is 0 Å². The zero-order valence-corrected chi connectivity index (χ0v) is 15.2. The SMILES string of the molecule is O=C(c1ccccc1S)N1CCCN(C(=O)c2ccc(F)c(F)c2F)CC1. The number of benzene rings is 2. The number of nitrogens with zero attached hydrogens (tertiary/aromatic N) is 2. The second kappa shape index (κ2) is 8.04. The van der Waals surface area contributed by atoms with Crippen molar-refractivity contribution in [1.82, 2.24) is 9.80 Å². The Kier molecular flexibility index (Phi) is 5.74. The largest absolute Gasteiger partial charge is 0.337 e. The molecule has 0 bridgehead atoms. The average molecular weight is 394 g/mol. The highest BCUT2D eigenvalue weighted by Gasteiger charge is 2.27. The van der Waals surface area contributed by atoms with Gasteiger partial charge in [-0.3, -0.25) is 9.59 Å². The molecule has 27 heavy (non-hydrogen) atoms. The Hall–Kier alpha value is -2.48. The van der Waals surface area contributed by atoms with Crippen LogP contribution in [0.5, 0.6) is 0 Å². The van der Waals surface area contributed by atoms with E-state index in [1.807, 2.05) is 0 Å². The molecular weight excluding hydrogens is 377 g/mol. The predicted octanol–water partition coefficient (Wildman–Crippen LogP) is 3.38. The topological polar surface area (TPSA) is 40.6 Å². The molecule has 2 amide bonds. The van der Waals surface area contributed by atoms with Gasteiger partial charge < -0.3 is 9.80 Å². The van der Waals surface area contributed by atoms with E-state index in [4.69, 9.17) is 0 Å². The van der Waals surface area contributed by atoms with Crippen LogP contribution in [-0.2, 0) is 0 Å². The first-order valence-electron chi connectivity index (χ1n) is 8.40. The third-order valence-corrected chi connectivity index (χ3v) is 4.86. The van der Waals surface area contributed by atoms with Gasteiger partial charge in [0.05, 0.1) is 11.1 Å². The van der Waals surface area contributed by atoms with Crippen molar-refractivity contribution in [3.8, 4) is 0 Å². The van der Waals surface area contributed by atoms with Gasteiger partial charge in [-0.25, -0.2) is 13.2 Å². The smallest absolute Gasteiger partial charge is 0.257 e. The van der Waals surface area contributed by atoms with Crippen LogP contribution in [0.4, 0.5) is 13.2 Å². The monoisotopic (exact) mass is 394 g/mol. The molecule has 142 valence electrons. The van der Waals surface area contributed by atoms with Gasteiger partial charge in [-0.15, -0.1) is 12.6 Å². The summed E-state index contributed by atoms with van der Waals surface area (Å²) >= 11 is 4.29. The lowest BCUT2D eigenvalue weighted by atomic mass is 10.1. The first kappa shape index (κ1) is 19.3. The number of thiol groups is 1. The van der Waals surface area contributed by atoms with Gasteiger partial charge in [0.1, 0.15) is 0 Å². The Morgan fingerprint density at radius 3 is 2.00 bits per heavy atom. The fourth-order valence-electron chi connectivity index (χ4n) is 3.01. The lowest BCUT2D eigenvalue weighted by molar-refractivity contribution is 0.0713. The Bertz CT molecular complexity index is 891. The van der Waals surface area contributed by atoms with E-state index in [1.165, 1.54) is 4.90 Å². The van der Waals surface area contributed by atoms with Crippen molar-refractivity contribution in [2.24, 2.45) is 0 Å². The molecule has 3 rings (SSSR count). The zero-order valence-electron chi connectivity index (χ0n) is 14.3. The summed E-state index contributed by atoms with van der Waals surface area (Å²) < 4.78 is 40.4. The fourth-order valence-corrected chi connectivity index (χ4v) is 3.27. The first-order valence-corrected chi connectivity index (χ1v) is 8.85. The number of carbonyl (C=O) groups is 2. The Morgan fingerprint density at radius 2 is 1.37 bits per heavy atom. The maximum Gasteiger partial charge on any atom is 0.257 e. The Labute approximate surface area is 160 Å². The minimum Gasteiger partial charge on any atom is -0.337 e. The lowest BCUT2D eigenvalue weighted by Crippen LogP contribution is -2.37. The molecule has 0 radical (unpaired) electrons. The third kappa shape index (κ3) is 3.95. The summed E-state index contributed by atoms with van der Waals surface area (Å²) in [6.07, 6.45) is 0.484. The van der Waals surface area contributed by atoms with Gasteiger partial charge in [-0.2, -0.15) is 0 Å². The van der Waals surface area contributed by atoms with E-state index in [0.29, 0.717) is 23.4 Å². The Morgan fingerprint density at radius 1 is 0.778 bits per heavy atom. The van der Waals surface area contributed by atoms with Crippen LogP contribution in [0.2, 0.25) is 0 Å². The third-order valence-electron chi connectivity index (χ3n) is 4.47. The molecule has 1 aliphatic rings. The van der Waals surface area contributed by atoms with Crippen LogP contribution in [0.3, 0.4) is 0 Å². The van der Waals surface area contributed by atoms with Crippen molar-refractivity contribution in [3.05, 3.63) is 65.0 Å². The molecule has 1 saturated heterocycles. The van der Waals surface area contributed by atoms with E-state index in [1.54, 1.807) is 29.2 Å². The van der Waals surface area contributed by atoms with Crippen LogP contribution in [0.15, 0.2) is 41.3 Å². The molecule has 0 aromatic heterocycles. The zero-order chi connectivity index (χ0) is 19.6. The molecule has 2 aromatic carbocycles. The second-order valence-electron chi connectivity index (χ2n) is 6.18. The van der Waals surface area contributed by atoms with Crippen LogP contribution in [0.1, 0.15) is 27.1 Å². The summed E-state index contributed by atoms with van der Waals surface area (Å²) in [4.78, 5) is 28.7. The summed E-state index contributed by atoms with van der Waals surface area (Å²) in [5.41, 5.74) is -0.0540. The molecule has 4 nitrogen and oxygen atoms in total. The number of rotatable bonds is 2. The average Bonchev–Trinajstić information content (AvgIpc) is 2.92. The molecule has 1 fully saturated rings. The van der Waals surface area contributed by atoms with Crippen LogP contribution in [-0.4, -0.2) is 47.8 Å². The molecule has 8 heteroatoms. The first-order chi connectivity index (χ1) is 12.9. The van der Waals surface area contributed by atoms with Crippen LogP contribution in [0, 0.1) is 17.5 Å². The molecule has 0 atom stereocenters. The Balaban J connectivity index is 1.73. The van der Waals surface area contributed by atoms with Crippen molar-refractivity contribution in [2.45, 2.75) is 11.3 Å². The summed E-state index contributed by atoms with van der Waals surface area (Å²) in [7, 11) is 0. The van der Waals surface area contributed by atoms with E-state index in [2.05, 4.69) is 12.6 Å². The molecule has 2 aromatic rings. The normalized spacial score (nSPS) is 14.8. The molecule has 0 aliphatic carbocycles. The van der Waals surface area contributed by atoms with Gasteiger partial charge in [0.2, 0.25) is 0 Å². The fraction of sp³-hybridized carbons (Fsp3) is 0.263. The van der Waals surface area contributed by atoms with E-state index >= 15 is 0 Å². The highest BCUT2D eigenvalue weighted by molar-refractivity contribution is 7.80. The number of amides is 2. The van der Waals surface area contributed by atoms with Gasteiger partial charge >= 0.3 is 0 Å². The van der Waals surface area contributed by atoms with Crippen molar-refractivity contribution in [2.75, 3.05) is 26.2 Å². The molecule has 0 unspecified atom stereocenters. The van der Waals surface area contributed by atoms with Crippen LogP contribution >= 0.6 is 12.6 Å². The van der Waals surface area contributed by atoms with Gasteiger partial charge in [0, 0.05) is 31.1 Å². The summed E-state index contributed by atoms with van der Waals surface area (Å²) in [5.74, 6) is -5.44. The minimum atomic E-state index is -1.67. The van der Waals surface area contributed by atoms with Gasteiger partial charge in [-0.05, 0) is 30.7 Å². The number of hydrogen-bond donors (Lipinski definition) is 1. The molecular formula is C19H17F3N2O2S. The second-order valence-corrected chi connectivity index (χ2v) is 6.66. The summed E-state index contributed by atoms with van der Waals surface area (Å²) in [6.45, 7) is 1.12. The lowest BCUT2D eigenvalue weighted by Gasteiger charge is -2.23. The summed E-state index contributed by atoms with van der Waals surface area (Å²) in [6, 6.07) is 8.57. The maximum atomic E-state index is 13.9. The molecule has 1 aliphatic heterocycles. The van der Waals surface area contributed by atoms with E-state index in [-0.39, 0.29) is 25.5 Å².